The number of nitrogens with zero attached hydrogens (tertiary/aromatic N) is 4. The Kier molecular flexibility index (Phi) is 7.00. The number of aromatic nitrogens is 4. The lowest BCUT2D eigenvalue weighted by Gasteiger charge is -2.24. The molecule has 0 saturated carbocycles. The van der Waals surface area contributed by atoms with Gasteiger partial charge in [-0.15, -0.1) is 0 Å². The Labute approximate surface area is 283 Å². The SMILES string of the molecule is Cc1ccccc1-c1ccnc(-n2c3ccccc3c3ccc([Si](C)(C)c4cccc(-n5c[n+](C(C)(C)C)c6ccccc65)c4)cc32)c1. The number of para-hydroxylation sites is 3. The van der Waals surface area contributed by atoms with E-state index < -0.39 is 8.07 Å². The zero-order valence-electron chi connectivity index (χ0n) is 28.6. The number of hydrogen-bond acceptors (Lipinski definition) is 1. The lowest BCUT2D eigenvalue weighted by Crippen LogP contribution is -2.53. The van der Waals surface area contributed by atoms with Crippen LogP contribution >= 0.6 is 0 Å². The second-order valence-corrected chi connectivity index (χ2v) is 18.9. The second kappa shape index (κ2) is 11.2. The maximum Gasteiger partial charge on any atom is 0.250 e. The van der Waals surface area contributed by atoms with Gasteiger partial charge >= 0.3 is 0 Å². The normalized spacial score (nSPS) is 12.4. The van der Waals surface area contributed by atoms with Gasteiger partial charge < -0.3 is 0 Å². The fraction of sp³-hybridized carbons (Fsp3) is 0.163. The highest BCUT2D eigenvalue weighted by molar-refractivity contribution is 7.00. The Hall–Kier alpha value is -5.26. The molecule has 0 unspecified atom stereocenters. The molecule has 3 aromatic heterocycles. The first-order valence-corrected chi connectivity index (χ1v) is 19.8. The molecule has 8 rings (SSSR count). The summed E-state index contributed by atoms with van der Waals surface area (Å²) in [6, 6.07) is 46.7. The van der Waals surface area contributed by atoms with Crippen molar-refractivity contribution < 1.29 is 4.57 Å². The molecular weight excluding hydrogens is 601 g/mol. The molecule has 5 aromatic carbocycles. The van der Waals surface area contributed by atoms with E-state index in [-0.39, 0.29) is 5.54 Å². The highest BCUT2D eigenvalue weighted by Gasteiger charge is 2.30. The Morgan fingerprint density at radius 2 is 1.35 bits per heavy atom. The zero-order chi connectivity index (χ0) is 33.2. The van der Waals surface area contributed by atoms with E-state index in [4.69, 9.17) is 4.98 Å². The minimum atomic E-state index is -2.13. The molecule has 0 saturated heterocycles. The largest absolute Gasteiger partial charge is 0.294 e. The van der Waals surface area contributed by atoms with Gasteiger partial charge in [-0.1, -0.05) is 102 Å². The van der Waals surface area contributed by atoms with Crippen LogP contribution < -0.4 is 14.9 Å². The molecule has 236 valence electrons. The van der Waals surface area contributed by atoms with Crippen LogP contribution in [0.3, 0.4) is 0 Å². The first kappa shape index (κ1) is 30.1. The molecule has 8 aromatic rings. The van der Waals surface area contributed by atoms with E-state index in [0.717, 1.165) is 5.82 Å². The third kappa shape index (κ3) is 4.89. The zero-order valence-corrected chi connectivity index (χ0v) is 29.6. The van der Waals surface area contributed by atoms with Crippen molar-refractivity contribution in [3.05, 3.63) is 145 Å². The minimum absolute atomic E-state index is 0.0291. The molecule has 3 heterocycles. The molecular formula is C43H41N4Si+. The predicted octanol–water partition coefficient (Wildman–Crippen LogP) is 8.96. The predicted molar refractivity (Wildman–Crippen MR) is 204 cm³/mol. The van der Waals surface area contributed by atoms with Gasteiger partial charge in [0.2, 0.25) is 6.33 Å². The van der Waals surface area contributed by atoms with E-state index in [9.17, 15) is 0 Å². The molecule has 0 atom stereocenters. The van der Waals surface area contributed by atoms with Crippen LogP contribution in [0.2, 0.25) is 13.1 Å². The van der Waals surface area contributed by atoms with Crippen molar-refractivity contribution in [1.29, 1.82) is 0 Å². The van der Waals surface area contributed by atoms with Crippen molar-refractivity contribution in [3.63, 3.8) is 0 Å². The number of hydrogen-bond donors (Lipinski definition) is 0. The van der Waals surface area contributed by atoms with Crippen LogP contribution in [0.15, 0.2) is 140 Å². The molecule has 0 aliphatic heterocycles. The Balaban J connectivity index is 1.27. The van der Waals surface area contributed by atoms with Crippen LogP contribution in [-0.2, 0) is 5.54 Å². The van der Waals surface area contributed by atoms with Gasteiger partial charge in [-0.3, -0.25) is 4.57 Å². The van der Waals surface area contributed by atoms with Crippen molar-refractivity contribution in [3.8, 4) is 22.6 Å². The van der Waals surface area contributed by atoms with Crippen molar-refractivity contribution in [2.24, 2.45) is 0 Å². The summed E-state index contributed by atoms with van der Waals surface area (Å²) in [4.78, 5) is 4.95. The van der Waals surface area contributed by atoms with Gasteiger partial charge in [0.25, 0.3) is 0 Å². The maximum absolute atomic E-state index is 4.95. The monoisotopic (exact) mass is 641 g/mol. The van der Waals surface area contributed by atoms with E-state index >= 15 is 0 Å². The van der Waals surface area contributed by atoms with Crippen molar-refractivity contribution in [1.82, 2.24) is 14.1 Å². The summed E-state index contributed by atoms with van der Waals surface area (Å²) in [5.41, 5.74) is 9.67. The van der Waals surface area contributed by atoms with E-state index in [0.29, 0.717) is 0 Å². The standard InChI is InChI=1S/C43H41N4Si/c1-30-14-7-8-17-35(30)31-24-25-44-42(26-31)47-38-19-10-9-18-36(38)37-23-22-34(28-41(37)47)48(5,6)33-16-13-15-32(27-33)45-29-46(43(2,3)4)40-21-12-11-20-39(40)45/h7-29H,1-6H3/q+1. The number of rotatable bonds is 5. The average Bonchev–Trinajstić information content (AvgIpc) is 3.65. The van der Waals surface area contributed by atoms with E-state index in [1.54, 1.807) is 0 Å². The van der Waals surface area contributed by atoms with Crippen LogP contribution in [0.5, 0.6) is 0 Å². The second-order valence-electron chi connectivity index (χ2n) is 14.5. The molecule has 0 N–H and O–H groups in total. The summed E-state index contributed by atoms with van der Waals surface area (Å²) in [6.07, 6.45) is 4.21. The third-order valence-corrected chi connectivity index (χ3v) is 13.5. The van der Waals surface area contributed by atoms with Gasteiger partial charge in [0.05, 0.1) is 11.0 Å². The number of benzene rings is 5. The van der Waals surface area contributed by atoms with Crippen LogP contribution in [0.4, 0.5) is 0 Å². The number of aryl methyl sites for hydroxylation is 1. The third-order valence-electron chi connectivity index (χ3n) is 10.0. The lowest BCUT2D eigenvalue weighted by molar-refractivity contribution is -0.731. The summed E-state index contributed by atoms with van der Waals surface area (Å²) in [7, 11) is -2.13. The van der Waals surface area contributed by atoms with E-state index in [1.807, 2.05) is 6.20 Å². The fourth-order valence-corrected chi connectivity index (χ4v) is 9.63. The molecule has 0 amide bonds. The topological polar surface area (TPSA) is 26.6 Å². The van der Waals surface area contributed by atoms with Crippen molar-refractivity contribution in [2.45, 2.75) is 46.3 Å². The van der Waals surface area contributed by atoms with Gasteiger partial charge in [0.1, 0.15) is 25.1 Å². The molecule has 0 radical (unpaired) electrons. The molecule has 5 heteroatoms. The molecule has 0 aliphatic rings. The van der Waals surface area contributed by atoms with Crippen molar-refractivity contribution >= 4 is 51.3 Å². The Morgan fingerprint density at radius 1 is 0.646 bits per heavy atom. The molecule has 0 bridgehead atoms. The van der Waals surface area contributed by atoms with Crippen molar-refractivity contribution in [2.75, 3.05) is 0 Å². The van der Waals surface area contributed by atoms with Gasteiger partial charge in [0, 0.05) is 17.0 Å². The fourth-order valence-electron chi connectivity index (χ4n) is 7.27. The quantitative estimate of drug-likeness (QED) is 0.136. The number of imidazole rings is 1. The lowest BCUT2D eigenvalue weighted by atomic mass is 10.0. The van der Waals surface area contributed by atoms with E-state index in [2.05, 4.69) is 188 Å². The summed E-state index contributed by atoms with van der Waals surface area (Å²) in [5.74, 6) is 0.937. The average molecular weight is 642 g/mol. The van der Waals surface area contributed by atoms with Gasteiger partial charge in [0.15, 0.2) is 11.0 Å². The minimum Gasteiger partial charge on any atom is -0.294 e. The molecule has 48 heavy (non-hydrogen) atoms. The van der Waals surface area contributed by atoms with Crippen LogP contribution in [0, 0.1) is 6.92 Å². The summed E-state index contributed by atoms with van der Waals surface area (Å²) < 4.78 is 7.09. The Morgan fingerprint density at radius 3 is 2.17 bits per heavy atom. The first-order chi connectivity index (χ1) is 23.1. The molecule has 0 aliphatic carbocycles. The Bertz CT molecular complexity index is 2490. The van der Waals surface area contributed by atoms with Gasteiger partial charge in [-0.2, -0.15) is 4.57 Å². The number of fused-ring (bicyclic) bond motifs is 4. The highest BCUT2D eigenvalue weighted by Crippen LogP contribution is 2.33. The summed E-state index contributed by atoms with van der Waals surface area (Å²) >= 11 is 0. The highest BCUT2D eigenvalue weighted by atomic mass is 28.3. The van der Waals surface area contributed by atoms with Gasteiger partial charge in [-0.25, -0.2) is 9.55 Å². The maximum atomic E-state index is 4.95. The first-order valence-electron chi connectivity index (χ1n) is 16.8. The molecule has 0 spiro atoms. The van der Waals surface area contributed by atoms with E-state index in [1.165, 1.54) is 65.6 Å². The van der Waals surface area contributed by atoms with Crippen LogP contribution in [-0.4, -0.2) is 22.2 Å². The van der Waals surface area contributed by atoms with Gasteiger partial charge in [-0.05, 0) is 92.9 Å². The molecule has 0 fully saturated rings. The number of pyridine rings is 1. The summed E-state index contributed by atoms with van der Waals surface area (Å²) in [6.45, 7) is 13.9. The molecule has 4 nitrogen and oxygen atoms in total. The van der Waals surface area contributed by atoms with Crippen LogP contribution in [0.1, 0.15) is 26.3 Å². The summed E-state index contributed by atoms with van der Waals surface area (Å²) in [5, 5.41) is 5.30. The van der Waals surface area contributed by atoms with Crippen LogP contribution in [0.25, 0.3) is 55.5 Å². The smallest absolute Gasteiger partial charge is 0.250 e.